The van der Waals surface area contributed by atoms with Gasteiger partial charge in [-0.1, -0.05) is 11.6 Å². The number of Topliss-reactive ketones (excluding diaryl/α,β-unsaturated/α-hetero) is 1. The number of aromatic nitrogens is 1. The summed E-state index contributed by atoms with van der Waals surface area (Å²) in [5.74, 6) is 0.0349. The molecule has 0 aromatic carbocycles. The van der Waals surface area contributed by atoms with Gasteiger partial charge >= 0.3 is 0 Å². The minimum Gasteiger partial charge on any atom is -0.292 e. The minimum absolute atomic E-state index is 0.0349. The van der Waals surface area contributed by atoms with Crippen LogP contribution in [0.1, 0.15) is 34.6 Å². The van der Waals surface area contributed by atoms with Crippen molar-refractivity contribution >= 4 is 28.2 Å². The number of halogens is 1. The molecule has 0 spiro atoms. The van der Waals surface area contributed by atoms with E-state index < -0.39 is 10.8 Å². The van der Waals surface area contributed by atoms with Gasteiger partial charge in [0, 0.05) is 12.7 Å². The van der Waals surface area contributed by atoms with Gasteiger partial charge in [0.2, 0.25) is 0 Å². The molecule has 0 bridgehead atoms. The Morgan fingerprint density at radius 2 is 2.06 bits per heavy atom. The summed E-state index contributed by atoms with van der Waals surface area (Å²) >= 11 is 6.11. The molecule has 0 amide bonds. The quantitative estimate of drug-likeness (QED) is 0.776. The van der Waals surface area contributed by atoms with Crippen molar-refractivity contribution in [1.29, 1.82) is 0 Å². The summed E-state index contributed by atoms with van der Waals surface area (Å²) in [5, 5.41) is 0.439. The van der Waals surface area contributed by atoms with E-state index in [0.717, 1.165) is 18.4 Å². The topological polar surface area (TPSA) is 47.0 Å². The summed E-state index contributed by atoms with van der Waals surface area (Å²) in [6.07, 6.45) is 3.64. The molecule has 5 heteroatoms. The zero-order valence-corrected chi connectivity index (χ0v) is 10.7. The maximum Gasteiger partial charge on any atom is 0.181 e. The van der Waals surface area contributed by atoms with Gasteiger partial charge in [-0.2, -0.15) is 0 Å². The van der Waals surface area contributed by atoms with Crippen molar-refractivity contribution in [2.24, 2.45) is 0 Å². The van der Waals surface area contributed by atoms with Crippen LogP contribution < -0.4 is 0 Å². The van der Waals surface area contributed by atoms with Gasteiger partial charge in [-0.25, -0.2) is 4.98 Å². The molecule has 0 aliphatic heterocycles. The van der Waals surface area contributed by atoms with Gasteiger partial charge < -0.3 is 0 Å². The molecular formula is C11H12ClNO2S. The summed E-state index contributed by atoms with van der Waals surface area (Å²) in [4.78, 5) is 16.5. The van der Waals surface area contributed by atoms with Crippen molar-refractivity contribution in [3.05, 3.63) is 22.0 Å². The fourth-order valence-corrected chi connectivity index (χ4v) is 3.42. The summed E-state index contributed by atoms with van der Waals surface area (Å²) < 4.78 is 11.7. The molecule has 0 fully saturated rings. The fourth-order valence-electron chi connectivity index (χ4n) is 1.99. The number of pyridine rings is 1. The molecule has 0 radical (unpaired) electrons. The fraction of sp³-hybridized carbons (Fsp3) is 0.455. The molecule has 1 heterocycles. The lowest BCUT2D eigenvalue weighted by molar-refractivity contribution is 0.0966. The van der Waals surface area contributed by atoms with Crippen LogP contribution in [0.5, 0.6) is 0 Å². The van der Waals surface area contributed by atoms with E-state index in [1.165, 1.54) is 0 Å². The molecule has 0 N–H and O–H groups in total. The second-order valence-corrected chi connectivity index (χ2v) is 5.59. The number of hydrogen-bond donors (Lipinski definition) is 0. The maximum atomic E-state index is 11.7. The molecule has 3 nitrogen and oxygen atoms in total. The van der Waals surface area contributed by atoms with Gasteiger partial charge in [0.15, 0.2) is 5.78 Å². The van der Waals surface area contributed by atoms with E-state index in [4.69, 9.17) is 11.6 Å². The molecule has 0 saturated heterocycles. The minimum atomic E-state index is -1.18. The Hall–Kier alpha value is -0.740. The molecular weight excluding hydrogens is 246 g/mol. The number of carbonyl (C=O) groups excluding carboxylic acids is 1. The lowest BCUT2D eigenvalue weighted by Gasteiger charge is -2.18. The van der Waals surface area contributed by atoms with Crippen molar-refractivity contribution in [3.8, 4) is 0 Å². The van der Waals surface area contributed by atoms with Crippen LogP contribution in [-0.2, 0) is 17.2 Å². The largest absolute Gasteiger partial charge is 0.292 e. The molecule has 1 atom stereocenters. The summed E-state index contributed by atoms with van der Waals surface area (Å²) in [6, 6.07) is 0. The summed E-state index contributed by atoms with van der Waals surface area (Å²) in [5.41, 5.74) is 1.84. The monoisotopic (exact) mass is 257 g/mol. The molecule has 1 aliphatic carbocycles. The first kappa shape index (κ1) is 11.7. The Morgan fingerprint density at radius 3 is 2.69 bits per heavy atom. The highest BCUT2D eigenvalue weighted by atomic mass is 35.5. The Balaban J connectivity index is 2.76. The van der Waals surface area contributed by atoms with Gasteiger partial charge in [0.1, 0.15) is 5.69 Å². The first-order valence-corrected chi connectivity index (χ1v) is 7.01. The van der Waals surface area contributed by atoms with Crippen molar-refractivity contribution in [2.45, 2.75) is 31.1 Å². The van der Waals surface area contributed by atoms with Gasteiger partial charge in [-0.3, -0.25) is 9.00 Å². The number of fused-ring (bicyclic) bond motifs is 1. The lowest BCUT2D eigenvalue weighted by Crippen LogP contribution is -2.17. The first-order chi connectivity index (χ1) is 7.52. The molecule has 16 heavy (non-hydrogen) atoms. The van der Waals surface area contributed by atoms with Crippen LogP contribution in [0, 0.1) is 6.92 Å². The second kappa shape index (κ2) is 4.26. The van der Waals surface area contributed by atoms with Crippen LogP contribution in [0.15, 0.2) is 4.90 Å². The molecule has 2 rings (SSSR count). The molecule has 1 unspecified atom stereocenters. The van der Waals surface area contributed by atoms with Crippen molar-refractivity contribution in [3.63, 3.8) is 0 Å². The smallest absolute Gasteiger partial charge is 0.181 e. The molecule has 1 aromatic rings. The zero-order chi connectivity index (χ0) is 11.9. The second-order valence-electron chi connectivity index (χ2n) is 3.90. The van der Waals surface area contributed by atoms with E-state index in [1.807, 2.05) is 0 Å². The van der Waals surface area contributed by atoms with Crippen LogP contribution in [0.25, 0.3) is 0 Å². The van der Waals surface area contributed by atoms with E-state index in [-0.39, 0.29) is 5.78 Å². The number of hydrogen-bond acceptors (Lipinski definition) is 3. The van der Waals surface area contributed by atoms with Crippen molar-refractivity contribution in [1.82, 2.24) is 4.98 Å². The normalized spacial score (nSPS) is 17.1. The number of nitrogens with zero attached hydrogens (tertiary/aromatic N) is 1. The highest BCUT2D eigenvalue weighted by Gasteiger charge is 2.26. The van der Waals surface area contributed by atoms with Crippen LogP contribution in [-0.4, -0.2) is 21.2 Å². The Morgan fingerprint density at radius 1 is 1.38 bits per heavy atom. The van der Waals surface area contributed by atoms with Gasteiger partial charge in [-0.15, -0.1) is 0 Å². The van der Waals surface area contributed by atoms with Gasteiger partial charge in [0.25, 0.3) is 0 Å². The van der Waals surface area contributed by atoms with Crippen LogP contribution in [0.3, 0.4) is 0 Å². The maximum absolute atomic E-state index is 11.7. The third kappa shape index (κ3) is 1.80. The third-order valence-electron chi connectivity index (χ3n) is 2.74. The summed E-state index contributed by atoms with van der Waals surface area (Å²) in [6.45, 7) is 1.74. The van der Waals surface area contributed by atoms with E-state index in [2.05, 4.69) is 4.98 Å². The van der Waals surface area contributed by atoms with Crippen LogP contribution in [0.2, 0.25) is 5.02 Å². The molecule has 1 aromatic heterocycles. The first-order valence-electron chi connectivity index (χ1n) is 5.08. The standard InChI is InChI=1S/C11H12ClNO2S/c1-6-9(12)11(16(2)15)7-4-3-5-8(14)10(7)13-6/h3-5H2,1-2H3. The van der Waals surface area contributed by atoms with Gasteiger partial charge in [0.05, 0.1) is 26.4 Å². The van der Waals surface area contributed by atoms with E-state index >= 15 is 0 Å². The molecule has 86 valence electrons. The van der Waals surface area contributed by atoms with Crippen molar-refractivity contribution in [2.75, 3.05) is 6.26 Å². The predicted octanol–water partition coefficient (Wildman–Crippen LogP) is 2.30. The average molecular weight is 258 g/mol. The Labute approximate surface area is 102 Å². The number of ketones is 1. The number of carbonyl (C=O) groups is 1. The Kier molecular flexibility index (Phi) is 3.13. The number of aryl methyl sites for hydroxylation is 1. The molecule has 1 aliphatic rings. The SMILES string of the molecule is Cc1nc2c(c(S(C)=O)c1Cl)CCCC2=O. The van der Waals surface area contributed by atoms with E-state index in [1.54, 1.807) is 13.2 Å². The molecule has 0 saturated carbocycles. The predicted molar refractivity (Wildman–Crippen MR) is 63.6 cm³/mol. The van der Waals surface area contributed by atoms with E-state index in [0.29, 0.717) is 27.7 Å². The highest BCUT2D eigenvalue weighted by Crippen LogP contribution is 2.32. The van der Waals surface area contributed by atoms with E-state index in [9.17, 15) is 9.00 Å². The highest BCUT2D eigenvalue weighted by molar-refractivity contribution is 7.84. The van der Waals surface area contributed by atoms with Crippen LogP contribution >= 0.6 is 11.6 Å². The summed E-state index contributed by atoms with van der Waals surface area (Å²) in [7, 11) is -1.18. The Bertz CT molecular complexity index is 499. The zero-order valence-electron chi connectivity index (χ0n) is 9.17. The van der Waals surface area contributed by atoms with Crippen molar-refractivity contribution < 1.29 is 9.00 Å². The third-order valence-corrected chi connectivity index (χ3v) is 4.34. The van der Waals surface area contributed by atoms with Crippen LogP contribution in [0.4, 0.5) is 0 Å². The lowest BCUT2D eigenvalue weighted by atomic mass is 9.94. The average Bonchev–Trinajstić information content (AvgIpc) is 2.21. The van der Waals surface area contributed by atoms with Gasteiger partial charge in [-0.05, 0) is 25.3 Å². The number of rotatable bonds is 1.